The van der Waals surface area contributed by atoms with Crippen molar-refractivity contribution < 1.29 is 13.2 Å². The van der Waals surface area contributed by atoms with Gasteiger partial charge in [-0.25, -0.2) is 0 Å². The topological polar surface area (TPSA) is 12.0 Å². The van der Waals surface area contributed by atoms with Crippen LogP contribution in [0.25, 0.3) is 0 Å². The molecule has 0 heterocycles. The molecule has 4 heteroatoms. The fourth-order valence-corrected chi connectivity index (χ4v) is 2.64. The van der Waals surface area contributed by atoms with E-state index in [2.05, 4.69) is 11.2 Å². The van der Waals surface area contributed by atoms with Crippen LogP contribution >= 0.6 is 0 Å². The maximum absolute atomic E-state index is 12.5. The van der Waals surface area contributed by atoms with Crippen LogP contribution in [-0.4, -0.2) is 18.8 Å². The van der Waals surface area contributed by atoms with Gasteiger partial charge >= 0.3 is 6.18 Å². The molecular weight excluding hydrogens is 227 g/mol. The van der Waals surface area contributed by atoms with Crippen molar-refractivity contribution in [2.24, 2.45) is 11.8 Å². The quantitative estimate of drug-likeness (QED) is 0.751. The van der Waals surface area contributed by atoms with Crippen LogP contribution in [0.2, 0.25) is 0 Å². The molecule has 98 valence electrons. The summed E-state index contributed by atoms with van der Waals surface area (Å²) in [7, 11) is 0. The summed E-state index contributed by atoms with van der Waals surface area (Å²) in [6.07, 6.45) is 3.63. The standard InChI is InChI=1S/C13H20F3N/c1-3-5-12(17-4-2)10-6-8-11(9-7-10)13(14,15)16/h1,10-12,17H,4-9H2,2H3. The molecule has 0 spiro atoms. The zero-order valence-electron chi connectivity index (χ0n) is 10.2. The lowest BCUT2D eigenvalue weighted by Gasteiger charge is -2.34. The summed E-state index contributed by atoms with van der Waals surface area (Å²) in [5.41, 5.74) is 0. The average Bonchev–Trinajstić information content (AvgIpc) is 2.28. The van der Waals surface area contributed by atoms with E-state index in [0.717, 1.165) is 6.54 Å². The summed E-state index contributed by atoms with van der Waals surface area (Å²) in [5.74, 6) is 1.80. The van der Waals surface area contributed by atoms with Crippen molar-refractivity contribution in [3.05, 3.63) is 0 Å². The SMILES string of the molecule is C#CCC(NCC)C1CCC(C(F)(F)F)CC1. The van der Waals surface area contributed by atoms with E-state index in [4.69, 9.17) is 6.42 Å². The molecule has 1 aliphatic carbocycles. The van der Waals surface area contributed by atoms with E-state index in [9.17, 15) is 13.2 Å². The van der Waals surface area contributed by atoms with E-state index < -0.39 is 12.1 Å². The minimum atomic E-state index is -4.02. The molecule has 1 fully saturated rings. The zero-order valence-corrected chi connectivity index (χ0v) is 10.2. The molecule has 0 aromatic heterocycles. The van der Waals surface area contributed by atoms with Gasteiger partial charge in [-0.1, -0.05) is 6.92 Å². The fraction of sp³-hybridized carbons (Fsp3) is 0.846. The molecule has 0 amide bonds. The first-order valence-corrected chi connectivity index (χ1v) is 6.22. The highest BCUT2D eigenvalue weighted by molar-refractivity contribution is 4.94. The van der Waals surface area contributed by atoms with Gasteiger partial charge in [0, 0.05) is 12.5 Å². The predicted molar refractivity (Wildman–Crippen MR) is 62.4 cm³/mol. The van der Waals surface area contributed by atoms with Crippen LogP contribution in [0.1, 0.15) is 39.0 Å². The average molecular weight is 247 g/mol. The third-order valence-electron chi connectivity index (χ3n) is 3.61. The molecule has 1 atom stereocenters. The van der Waals surface area contributed by atoms with Crippen molar-refractivity contribution in [1.29, 1.82) is 0 Å². The number of terminal acetylenes is 1. The molecule has 0 saturated heterocycles. The van der Waals surface area contributed by atoms with Crippen LogP contribution in [-0.2, 0) is 0 Å². The normalized spacial score (nSPS) is 27.5. The van der Waals surface area contributed by atoms with Gasteiger partial charge in [0.2, 0.25) is 0 Å². The van der Waals surface area contributed by atoms with Gasteiger partial charge in [0.15, 0.2) is 0 Å². The Balaban J connectivity index is 2.47. The van der Waals surface area contributed by atoms with Crippen LogP contribution in [0, 0.1) is 24.2 Å². The Kier molecular flexibility index (Phi) is 5.32. The largest absolute Gasteiger partial charge is 0.391 e. The van der Waals surface area contributed by atoms with E-state index in [-0.39, 0.29) is 18.9 Å². The molecule has 1 aliphatic rings. The number of halogens is 3. The maximum Gasteiger partial charge on any atom is 0.391 e. The Labute approximate surface area is 101 Å². The third kappa shape index (κ3) is 4.23. The lowest BCUT2D eigenvalue weighted by molar-refractivity contribution is -0.184. The molecule has 1 N–H and O–H groups in total. The number of rotatable bonds is 4. The molecular formula is C13H20F3N. The molecule has 1 nitrogen and oxygen atoms in total. The summed E-state index contributed by atoms with van der Waals surface area (Å²) in [5, 5.41) is 3.28. The van der Waals surface area contributed by atoms with Gasteiger partial charge in [-0.2, -0.15) is 13.2 Å². The first-order valence-electron chi connectivity index (χ1n) is 6.22. The van der Waals surface area contributed by atoms with Gasteiger partial charge in [-0.15, -0.1) is 12.3 Å². The Hall–Kier alpha value is -0.690. The summed E-state index contributed by atoms with van der Waals surface area (Å²) in [6.45, 7) is 2.80. The van der Waals surface area contributed by atoms with E-state index in [1.807, 2.05) is 6.92 Å². The fourth-order valence-electron chi connectivity index (χ4n) is 2.64. The summed E-state index contributed by atoms with van der Waals surface area (Å²) >= 11 is 0. The van der Waals surface area contributed by atoms with Gasteiger partial charge in [-0.05, 0) is 38.1 Å². The van der Waals surface area contributed by atoms with E-state index in [0.29, 0.717) is 25.2 Å². The molecule has 0 radical (unpaired) electrons. The van der Waals surface area contributed by atoms with Gasteiger partial charge in [0.05, 0.1) is 5.92 Å². The Morgan fingerprint density at radius 1 is 1.29 bits per heavy atom. The predicted octanol–water partition coefficient (Wildman–Crippen LogP) is 3.36. The molecule has 0 bridgehead atoms. The lowest BCUT2D eigenvalue weighted by atomic mass is 9.77. The van der Waals surface area contributed by atoms with Crippen molar-refractivity contribution in [1.82, 2.24) is 5.32 Å². The van der Waals surface area contributed by atoms with Crippen LogP contribution in [0.15, 0.2) is 0 Å². The molecule has 0 aromatic rings. The van der Waals surface area contributed by atoms with Crippen LogP contribution < -0.4 is 5.32 Å². The highest BCUT2D eigenvalue weighted by atomic mass is 19.4. The second kappa shape index (κ2) is 6.30. The zero-order chi connectivity index (χ0) is 12.9. The molecule has 1 saturated carbocycles. The van der Waals surface area contributed by atoms with Gasteiger partial charge in [-0.3, -0.25) is 0 Å². The minimum Gasteiger partial charge on any atom is -0.313 e. The molecule has 0 aromatic carbocycles. The molecule has 1 unspecified atom stereocenters. The number of nitrogens with one attached hydrogen (secondary N) is 1. The number of alkyl halides is 3. The van der Waals surface area contributed by atoms with E-state index >= 15 is 0 Å². The smallest absolute Gasteiger partial charge is 0.313 e. The second-order valence-electron chi connectivity index (χ2n) is 4.73. The van der Waals surface area contributed by atoms with Gasteiger partial charge < -0.3 is 5.32 Å². The van der Waals surface area contributed by atoms with E-state index in [1.54, 1.807) is 0 Å². The number of hydrogen-bond acceptors (Lipinski definition) is 1. The Morgan fingerprint density at radius 2 is 1.88 bits per heavy atom. The van der Waals surface area contributed by atoms with Crippen molar-refractivity contribution in [3.63, 3.8) is 0 Å². The first-order chi connectivity index (χ1) is 7.99. The van der Waals surface area contributed by atoms with Crippen LogP contribution in [0.3, 0.4) is 0 Å². The maximum atomic E-state index is 12.5. The highest BCUT2D eigenvalue weighted by Gasteiger charge is 2.42. The van der Waals surface area contributed by atoms with Crippen molar-refractivity contribution in [2.75, 3.05) is 6.54 Å². The monoisotopic (exact) mass is 247 g/mol. The van der Waals surface area contributed by atoms with Crippen molar-refractivity contribution in [2.45, 2.75) is 51.2 Å². The second-order valence-corrected chi connectivity index (χ2v) is 4.73. The molecule has 1 rings (SSSR count). The Bertz CT molecular complexity index is 259. The summed E-state index contributed by atoms with van der Waals surface area (Å²) < 4.78 is 37.6. The van der Waals surface area contributed by atoms with Crippen LogP contribution in [0.4, 0.5) is 13.2 Å². The highest BCUT2D eigenvalue weighted by Crippen LogP contribution is 2.40. The first kappa shape index (κ1) is 14.4. The lowest BCUT2D eigenvalue weighted by Crippen LogP contribution is -2.39. The molecule has 0 aliphatic heterocycles. The van der Waals surface area contributed by atoms with Crippen LogP contribution in [0.5, 0.6) is 0 Å². The number of hydrogen-bond donors (Lipinski definition) is 1. The minimum absolute atomic E-state index is 0.180. The van der Waals surface area contributed by atoms with Crippen molar-refractivity contribution in [3.8, 4) is 12.3 Å². The molecule has 17 heavy (non-hydrogen) atoms. The Morgan fingerprint density at radius 3 is 2.29 bits per heavy atom. The van der Waals surface area contributed by atoms with E-state index in [1.165, 1.54) is 0 Å². The summed E-state index contributed by atoms with van der Waals surface area (Å²) in [6, 6.07) is 0.180. The van der Waals surface area contributed by atoms with Gasteiger partial charge in [0.25, 0.3) is 0 Å². The van der Waals surface area contributed by atoms with Gasteiger partial charge in [0.1, 0.15) is 0 Å². The third-order valence-corrected chi connectivity index (χ3v) is 3.61. The van der Waals surface area contributed by atoms with Crippen molar-refractivity contribution >= 4 is 0 Å². The summed E-state index contributed by atoms with van der Waals surface area (Å²) in [4.78, 5) is 0.